The van der Waals surface area contributed by atoms with E-state index in [0.29, 0.717) is 16.7 Å². The van der Waals surface area contributed by atoms with Crippen LogP contribution in [0, 0.1) is 0 Å². The Labute approximate surface area is 163 Å². The largest absolute Gasteiger partial charge is 0.339 e. The Morgan fingerprint density at radius 2 is 1.81 bits per heavy atom. The summed E-state index contributed by atoms with van der Waals surface area (Å²) < 4.78 is 33.0. The molecular formula is C19H20ClN3O3S. The van der Waals surface area contributed by atoms with Gasteiger partial charge in [0.15, 0.2) is 5.82 Å². The molecule has 0 fully saturated rings. The van der Waals surface area contributed by atoms with Crippen molar-refractivity contribution in [1.29, 1.82) is 0 Å². The van der Waals surface area contributed by atoms with E-state index < -0.39 is 10.0 Å². The van der Waals surface area contributed by atoms with Gasteiger partial charge in [-0.25, -0.2) is 8.42 Å². The molecule has 0 aliphatic carbocycles. The van der Waals surface area contributed by atoms with E-state index in [1.54, 1.807) is 12.1 Å². The third kappa shape index (κ3) is 4.74. The molecule has 0 N–H and O–H groups in total. The van der Waals surface area contributed by atoms with E-state index in [4.69, 9.17) is 16.1 Å². The smallest absolute Gasteiger partial charge is 0.243 e. The molecule has 27 heavy (non-hydrogen) atoms. The van der Waals surface area contributed by atoms with Gasteiger partial charge in [0.1, 0.15) is 0 Å². The van der Waals surface area contributed by atoms with Gasteiger partial charge in [0, 0.05) is 17.5 Å². The topological polar surface area (TPSA) is 76.3 Å². The van der Waals surface area contributed by atoms with E-state index in [2.05, 4.69) is 10.1 Å². The lowest BCUT2D eigenvalue weighted by Gasteiger charge is -2.21. The Morgan fingerprint density at radius 1 is 1.07 bits per heavy atom. The monoisotopic (exact) mass is 405 g/mol. The lowest BCUT2D eigenvalue weighted by atomic mass is 10.2. The van der Waals surface area contributed by atoms with E-state index in [1.807, 2.05) is 44.2 Å². The molecule has 1 heterocycles. The normalized spacial score (nSPS) is 12.0. The molecule has 3 aromatic rings. The third-order valence-electron chi connectivity index (χ3n) is 3.93. The first-order valence-electron chi connectivity index (χ1n) is 8.48. The van der Waals surface area contributed by atoms with Crippen LogP contribution in [0.4, 0.5) is 0 Å². The molecule has 0 saturated carbocycles. The number of sulfonamides is 1. The van der Waals surface area contributed by atoms with Crippen LogP contribution in [-0.4, -0.2) is 22.9 Å². The highest BCUT2D eigenvalue weighted by Crippen LogP contribution is 2.23. The SMILES string of the molecule is CC(C)c1nc(CN(Cc2ccccc2)S(=O)(=O)c2cccc(Cl)c2)no1. The van der Waals surface area contributed by atoms with Gasteiger partial charge in [0.2, 0.25) is 15.9 Å². The minimum atomic E-state index is -3.80. The summed E-state index contributed by atoms with van der Waals surface area (Å²) in [6.07, 6.45) is 0. The second kappa shape index (κ2) is 8.21. The van der Waals surface area contributed by atoms with Crippen LogP contribution in [0.15, 0.2) is 64.0 Å². The fourth-order valence-electron chi connectivity index (χ4n) is 2.51. The van der Waals surface area contributed by atoms with Crippen LogP contribution in [0.5, 0.6) is 0 Å². The molecule has 0 saturated heterocycles. The second-order valence-corrected chi connectivity index (χ2v) is 8.79. The standard InChI is InChI=1S/C19H20ClN3O3S/c1-14(2)19-21-18(22-26-19)13-23(12-15-7-4-3-5-8-15)27(24,25)17-10-6-9-16(20)11-17/h3-11,14H,12-13H2,1-2H3. The summed E-state index contributed by atoms with van der Waals surface area (Å²) in [5, 5.41) is 4.28. The lowest BCUT2D eigenvalue weighted by molar-refractivity contribution is 0.346. The quantitative estimate of drug-likeness (QED) is 0.587. The van der Waals surface area contributed by atoms with E-state index in [1.165, 1.54) is 16.4 Å². The molecule has 8 heteroatoms. The van der Waals surface area contributed by atoms with Crippen LogP contribution in [0.1, 0.15) is 37.0 Å². The second-order valence-electron chi connectivity index (χ2n) is 6.42. The average Bonchev–Trinajstić information content (AvgIpc) is 3.11. The van der Waals surface area contributed by atoms with E-state index >= 15 is 0 Å². The van der Waals surface area contributed by atoms with Crippen LogP contribution in [-0.2, 0) is 23.1 Å². The molecule has 0 aliphatic heterocycles. The summed E-state index contributed by atoms with van der Waals surface area (Å²) in [5.41, 5.74) is 0.857. The van der Waals surface area contributed by atoms with Gasteiger partial charge < -0.3 is 4.52 Å². The highest BCUT2D eigenvalue weighted by atomic mass is 35.5. The van der Waals surface area contributed by atoms with Crippen LogP contribution >= 0.6 is 11.6 Å². The number of nitrogens with zero attached hydrogens (tertiary/aromatic N) is 3. The Hall–Kier alpha value is -2.22. The minimum Gasteiger partial charge on any atom is -0.339 e. The Morgan fingerprint density at radius 3 is 2.44 bits per heavy atom. The van der Waals surface area contributed by atoms with Crippen molar-refractivity contribution in [3.63, 3.8) is 0 Å². The third-order valence-corrected chi connectivity index (χ3v) is 5.95. The summed E-state index contributed by atoms with van der Waals surface area (Å²) in [6, 6.07) is 15.6. The van der Waals surface area contributed by atoms with Crippen LogP contribution in [0.25, 0.3) is 0 Å². The summed E-state index contributed by atoms with van der Waals surface area (Å²) in [4.78, 5) is 4.43. The van der Waals surface area contributed by atoms with Crippen LogP contribution < -0.4 is 0 Å². The molecule has 0 aliphatic rings. The zero-order valence-corrected chi connectivity index (χ0v) is 16.6. The molecule has 2 aromatic carbocycles. The molecule has 0 unspecified atom stereocenters. The molecule has 0 bridgehead atoms. The van der Waals surface area contributed by atoms with Gasteiger partial charge in [-0.15, -0.1) is 0 Å². The van der Waals surface area contributed by atoms with Gasteiger partial charge in [-0.1, -0.05) is 67.0 Å². The van der Waals surface area contributed by atoms with Crippen molar-refractivity contribution in [2.24, 2.45) is 0 Å². The van der Waals surface area contributed by atoms with Crippen molar-refractivity contribution in [2.75, 3.05) is 0 Å². The van der Waals surface area contributed by atoms with E-state index in [-0.39, 0.29) is 23.9 Å². The first kappa shape index (κ1) is 19.5. The number of halogens is 1. The van der Waals surface area contributed by atoms with Gasteiger partial charge in [0.25, 0.3) is 0 Å². The van der Waals surface area contributed by atoms with Gasteiger partial charge in [-0.05, 0) is 23.8 Å². The van der Waals surface area contributed by atoms with Gasteiger partial charge >= 0.3 is 0 Å². The first-order valence-corrected chi connectivity index (χ1v) is 10.3. The van der Waals surface area contributed by atoms with Crippen molar-refractivity contribution in [1.82, 2.24) is 14.4 Å². The number of rotatable bonds is 7. The predicted molar refractivity (Wildman–Crippen MR) is 103 cm³/mol. The van der Waals surface area contributed by atoms with Crippen molar-refractivity contribution in [3.8, 4) is 0 Å². The first-order chi connectivity index (χ1) is 12.9. The van der Waals surface area contributed by atoms with Crippen LogP contribution in [0.3, 0.4) is 0 Å². The Bertz CT molecular complexity index is 1000. The Balaban J connectivity index is 1.95. The maximum absolute atomic E-state index is 13.2. The Kier molecular flexibility index (Phi) is 5.94. The zero-order valence-electron chi connectivity index (χ0n) is 15.0. The minimum absolute atomic E-state index is 0.0000387. The predicted octanol–water partition coefficient (Wildman–Crippen LogP) is 4.24. The van der Waals surface area contributed by atoms with Gasteiger partial charge in [-0.2, -0.15) is 9.29 Å². The van der Waals surface area contributed by atoms with Gasteiger partial charge in [-0.3, -0.25) is 0 Å². The molecular weight excluding hydrogens is 386 g/mol. The maximum Gasteiger partial charge on any atom is 0.243 e. The average molecular weight is 406 g/mol. The number of aromatic nitrogens is 2. The number of benzene rings is 2. The molecule has 1 aromatic heterocycles. The molecule has 142 valence electrons. The lowest BCUT2D eigenvalue weighted by Crippen LogP contribution is -2.30. The van der Waals surface area contributed by atoms with Crippen molar-refractivity contribution < 1.29 is 12.9 Å². The zero-order chi connectivity index (χ0) is 19.4. The molecule has 0 spiro atoms. The summed E-state index contributed by atoms with van der Waals surface area (Å²) >= 11 is 5.99. The van der Waals surface area contributed by atoms with Crippen molar-refractivity contribution in [3.05, 3.63) is 76.9 Å². The summed E-state index contributed by atoms with van der Waals surface area (Å²) in [5.74, 6) is 0.864. The molecule has 0 amide bonds. The van der Waals surface area contributed by atoms with E-state index in [0.717, 1.165) is 5.56 Å². The highest BCUT2D eigenvalue weighted by Gasteiger charge is 2.27. The van der Waals surface area contributed by atoms with Crippen LogP contribution in [0.2, 0.25) is 5.02 Å². The fourth-order valence-corrected chi connectivity index (χ4v) is 4.20. The highest BCUT2D eigenvalue weighted by molar-refractivity contribution is 7.89. The number of hydrogen-bond donors (Lipinski definition) is 0. The molecule has 6 nitrogen and oxygen atoms in total. The molecule has 0 radical (unpaired) electrons. The fraction of sp³-hybridized carbons (Fsp3) is 0.263. The van der Waals surface area contributed by atoms with Gasteiger partial charge in [0.05, 0.1) is 11.4 Å². The molecule has 3 rings (SSSR count). The maximum atomic E-state index is 13.2. The molecule has 0 atom stereocenters. The number of hydrogen-bond acceptors (Lipinski definition) is 5. The van der Waals surface area contributed by atoms with Crippen molar-refractivity contribution >= 4 is 21.6 Å². The van der Waals surface area contributed by atoms with E-state index in [9.17, 15) is 8.42 Å². The van der Waals surface area contributed by atoms with Crippen molar-refractivity contribution in [2.45, 2.75) is 37.8 Å². The summed E-state index contributed by atoms with van der Waals surface area (Å²) in [7, 11) is -3.80. The summed E-state index contributed by atoms with van der Waals surface area (Å²) in [6.45, 7) is 4.05.